The lowest BCUT2D eigenvalue weighted by Crippen LogP contribution is -3.03. The second kappa shape index (κ2) is 68.4. The maximum Gasteiger partial charge on any atom is 0 e. The van der Waals surface area contributed by atoms with Crippen molar-refractivity contribution in [3.05, 3.63) is 0 Å². The van der Waals surface area contributed by atoms with Crippen LogP contribution in [-0.4, -0.2) is 983 Å². The second-order valence-corrected chi connectivity index (χ2v) is 39.5. The molecule has 142 radical (unpaired) electrons. The molecule has 0 heterocycles. The number of hydrogen-bond acceptors (Lipinski definition) is 0. The topological polar surface area (TPSA) is 0 Å². The van der Waals surface area contributed by atoms with E-state index in [4.69, 9.17) is 542 Å². The van der Waals surface area contributed by atoms with Gasteiger partial charge in [-0.3, -0.25) is 7.06 Å². The fraction of sp³-hybridized carbons (Fsp3) is 0. The van der Waals surface area contributed by atoms with Gasteiger partial charge in [-0.05, 0) is 392 Å². The quantitative estimate of drug-likeness (QED) is 0.0533. The van der Waals surface area contributed by atoms with Crippen LogP contribution in [0, 0.1) is 0 Å². The van der Waals surface area contributed by atoms with E-state index in [-0.39, 0.29) is 0 Å². The van der Waals surface area contributed by atoms with Gasteiger partial charge in [0.25, 0.3) is 0 Å². The largest absolute Gasteiger partial charge is 0.690 e. The molecule has 0 aliphatic rings. The summed E-state index contributed by atoms with van der Waals surface area (Å²) in [6.07, 6.45) is -155. The van der Waals surface area contributed by atoms with Crippen LogP contribution in [0.25, 0.3) is 0 Å². The molecule has 0 fully saturated rings. The van der Waals surface area contributed by atoms with Crippen molar-refractivity contribution in [2.24, 2.45) is 0 Å². The molecule has 0 aromatic heterocycles. The van der Waals surface area contributed by atoms with Crippen molar-refractivity contribution in [2.45, 2.75) is 0 Å². The van der Waals surface area contributed by atoms with Crippen LogP contribution in [0.4, 0.5) is 0 Å². The minimum absolute atomic E-state index is 0.857. The third-order valence-corrected chi connectivity index (χ3v) is 30.0. The van der Waals surface area contributed by atoms with Gasteiger partial charge in [-0.25, -0.2) is 0 Å². The molecule has 0 saturated heterocycles. The molecule has 0 unspecified atom stereocenters. The minimum Gasteiger partial charge on any atom is -0.690 e. The van der Waals surface area contributed by atoms with Crippen molar-refractivity contribution < 1.29 is 0 Å². The summed E-state index contributed by atoms with van der Waals surface area (Å²) in [5.41, 5.74) is 0. The first-order valence-electron chi connectivity index (χ1n) is 46.0. The molecule has 139 heavy (non-hydrogen) atoms. The molecule has 0 atom stereocenters. The predicted octanol–water partition coefficient (Wildman–Crippen LogP) is -52.9. The average molecular weight is 1500 g/mol. The summed E-state index contributed by atoms with van der Waals surface area (Å²) in [5, 5.41) is 0. The lowest BCUT2D eigenvalue weighted by atomic mass is 8.16. The predicted molar refractivity (Wildman–Crippen MR) is 800 cm³/mol. The molecule has 418 valence electrons. The molecule has 0 rings (SSSR count). The van der Waals surface area contributed by atoms with Gasteiger partial charge in [0.15, 0.2) is 0 Å². The normalized spacial score (nSPS) is 9.88. The molecule has 0 aromatic carbocycles. The zero-order valence-electron chi connectivity index (χ0n) is 80.3. The Labute approximate surface area is 972 Å². The second-order valence-electron chi connectivity index (χ2n) is 39.5. The summed E-state index contributed by atoms with van der Waals surface area (Å²) in [4.78, 5) is 0. The third kappa shape index (κ3) is 39.7. The van der Waals surface area contributed by atoms with Crippen molar-refractivity contribution in [2.75, 3.05) is 0 Å². The van der Waals surface area contributed by atoms with Crippen LogP contribution in [-0.2, 0) is 0 Å². The van der Waals surface area contributed by atoms with Crippen molar-refractivity contribution in [3.63, 3.8) is 0 Å². The van der Waals surface area contributed by atoms with Crippen LogP contribution in [0.5, 0.6) is 0 Å². The average Bonchev–Trinajstić information content (AvgIpc) is 0.695. The fourth-order valence-electron chi connectivity index (χ4n) is 25.5. The SMILES string of the molecule is [B]B([B])B(B([B])[B])B(B([B])[B][B-])B(B(B(B([B])[B])B([B])[B])B(B([B])[B])B([B])[B])B(B(B(B([B])[B])B([B])[B])B(B([B])[B])B([B])[B])B(B(B(B(B([B])[B])B([B])[B])B(B([B])[B])B([B])[B])B(B(B([B])[B])B([B])[B])B(B([B])[B])B([B])[B])B(B(B(B(B([B])[B])B([B])[B])B(B([B])[B])B([B])[B])B(B(B([B])[B])B([B])[B])B(B([B])[B])B([B])[B])B(B(B(B([B])[B])B([B])[B])B(B([B])[B])B([B])[B])B(B(B([B])[B])B([B])[B])B(B([B])[B])B([B])[B]. The van der Waals surface area contributed by atoms with Crippen molar-refractivity contribution in [1.82, 2.24) is 0 Å². The van der Waals surface area contributed by atoms with Gasteiger partial charge in [-0.2, -0.15) is 0 Å². The Bertz CT molecular complexity index is 2430. The van der Waals surface area contributed by atoms with Crippen LogP contribution >= 0.6 is 0 Å². The van der Waals surface area contributed by atoms with E-state index in [9.17, 15) is 0 Å². The van der Waals surface area contributed by atoms with Crippen LogP contribution in [0.1, 0.15) is 0 Å². The van der Waals surface area contributed by atoms with E-state index < -0.39 is 434 Å². The Kier molecular flexibility index (Phi) is 72.9. The highest BCUT2D eigenvalue weighted by Gasteiger charge is 2.72. The summed E-state index contributed by atoms with van der Waals surface area (Å²) in [5.74, 6) is 0. The zero-order chi connectivity index (χ0) is 110. The van der Waals surface area contributed by atoms with Gasteiger partial charge in [0.1, 0.15) is 0 Å². The Balaban J connectivity index is 18.2. The first-order valence-corrected chi connectivity index (χ1v) is 46.0. The highest BCUT2D eigenvalue weighted by molar-refractivity contribution is 8.48. The molecular weight excluding hydrogens is 1500 g/mol. The van der Waals surface area contributed by atoms with E-state index in [1.54, 1.807) is 0 Å². The maximum atomic E-state index is 8.05. The van der Waals surface area contributed by atoms with E-state index >= 15 is 0 Å². The highest BCUT2D eigenvalue weighted by Crippen LogP contribution is 2.34. The highest BCUT2D eigenvalue weighted by atomic mass is 13.5. The van der Waals surface area contributed by atoms with E-state index in [0.717, 1.165) is 7.06 Å². The van der Waals surface area contributed by atoms with Crippen LogP contribution in [0.2, 0.25) is 0 Å². The van der Waals surface area contributed by atoms with E-state index in [0.29, 0.717) is 0 Å². The molecule has 139 heteroatoms. The molecule has 0 aromatic rings. The molecule has 0 saturated carbocycles. The summed E-state index contributed by atoms with van der Waals surface area (Å²) in [6, 6.07) is 0. The van der Waals surface area contributed by atoms with Gasteiger partial charge in [-0.1, -0.05) is 0 Å². The first-order chi connectivity index (χ1) is 63.3. The van der Waals surface area contributed by atoms with Crippen LogP contribution in [0.15, 0.2) is 0 Å². The van der Waals surface area contributed by atoms with Gasteiger partial charge in [0.05, 0.1) is 0 Å². The Morgan fingerprint density at radius 1 is 0.0719 bits per heavy atom. The van der Waals surface area contributed by atoms with E-state index in [2.05, 4.69) is 0 Å². The lowest BCUT2D eigenvalue weighted by Gasteiger charge is -2.65. The van der Waals surface area contributed by atoms with Gasteiger partial charge in [0.2, 0.25) is 0 Å². The lowest BCUT2D eigenvalue weighted by molar-refractivity contribution is 3.10. The molecule has 0 spiro atoms. The Morgan fingerprint density at radius 3 is 0.165 bits per heavy atom. The first kappa shape index (κ1) is 148. The summed E-state index contributed by atoms with van der Waals surface area (Å²) >= 11 is 0. The summed E-state index contributed by atoms with van der Waals surface area (Å²) < 4.78 is 0. The monoisotopic (exact) mass is 1530 g/mol. The molecule has 0 amide bonds. The van der Waals surface area contributed by atoms with Gasteiger partial charge in [-0.15, -0.1) is 0 Å². The Morgan fingerprint density at radius 2 is 0.115 bits per heavy atom. The number of rotatable bonds is 68. The van der Waals surface area contributed by atoms with E-state index in [1.807, 2.05) is 0 Å². The van der Waals surface area contributed by atoms with E-state index in [1.165, 1.54) is 0 Å². The molecule has 0 N–H and O–H groups in total. The van der Waals surface area contributed by atoms with Crippen LogP contribution < -0.4 is 0 Å². The van der Waals surface area contributed by atoms with Crippen molar-refractivity contribution in [1.29, 1.82) is 0 Å². The van der Waals surface area contributed by atoms with Crippen LogP contribution in [0.3, 0.4) is 0 Å². The molecular formula is B139-. The van der Waals surface area contributed by atoms with Gasteiger partial charge < -0.3 is 7.74 Å². The third-order valence-electron chi connectivity index (χ3n) is 30.0. The molecule has 0 aliphatic carbocycles. The molecule has 0 nitrogen and oxygen atoms in total. The maximum absolute atomic E-state index is 8.05. The van der Waals surface area contributed by atoms with Gasteiger partial charge >= 0.3 is 0 Å². The fourth-order valence-corrected chi connectivity index (χ4v) is 25.5. The summed E-state index contributed by atoms with van der Waals surface area (Å²) in [6.45, 7) is 0. The van der Waals surface area contributed by atoms with Gasteiger partial charge in [0, 0.05) is 576 Å². The Hall–Kier alpha value is 9.03. The standard InChI is InChI=1S/B139/c1-71-106(70)124(107(72(2)3)73(4)5)133(125(108(74(6)7)75(8)9)109(76(10)11)77(12)13)137(132(122(102(62)63)103(64)65)123(104(66)67)105(68)69)139(136(130(118(94(46)47)95(48)49)119(96(50)51)97(52)53)131(120(98(54)55)99(56)57)121(100(58)59)101(60)61)138(134(126(110(78(14)15)79(16)17)111(80(18)19)81(20)21)127(112(82(22)23)83(24)25)113(84(26)27)85(28)29)135(128(114(86(30)31)87(32)33)115(88(34)35)89(36)37)129(116(90(38)39)91(40)41)117(92(42)43)93(44)45/q-1. The smallest absolute Gasteiger partial charge is 0 e. The molecule has 0 aliphatic heterocycles. The molecule has 0 bridgehead atoms. The zero-order valence-corrected chi connectivity index (χ0v) is 80.3. The minimum atomic E-state index is -2.99. The number of hydrogen-bond donors (Lipinski definition) is 0. The van der Waals surface area contributed by atoms with Crippen molar-refractivity contribution in [3.8, 4) is 0 Å². The van der Waals surface area contributed by atoms with Crippen molar-refractivity contribution >= 4 is 983 Å². The summed E-state index contributed by atoms with van der Waals surface area (Å²) in [7, 11) is 528.